The minimum atomic E-state index is -0.927. The van der Waals surface area contributed by atoms with E-state index in [4.69, 9.17) is 0 Å². The van der Waals surface area contributed by atoms with Crippen LogP contribution in [-0.2, 0) is 11.3 Å². The Morgan fingerprint density at radius 1 is 1.15 bits per heavy atom. The monoisotopic (exact) mass is 543 g/mol. The number of carboxylic acid groups (broad SMARTS) is 1. The third kappa shape index (κ3) is 6.35. The summed E-state index contributed by atoms with van der Waals surface area (Å²) < 4.78 is 0. The third-order valence-corrected chi connectivity index (χ3v) is 7.75. The van der Waals surface area contributed by atoms with E-state index in [0.29, 0.717) is 34.6 Å². The Kier molecular flexibility index (Phi) is 8.04. The molecular weight excluding hydrogens is 514 g/mol. The Morgan fingerprint density at radius 2 is 1.95 bits per heavy atom. The first-order chi connectivity index (χ1) is 18.9. The molecule has 200 valence electrons. The van der Waals surface area contributed by atoms with Crippen molar-refractivity contribution in [3.63, 3.8) is 0 Å². The van der Waals surface area contributed by atoms with Gasteiger partial charge in [-0.25, -0.2) is 14.8 Å². The van der Waals surface area contributed by atoms with Crippen LogP contribution in [0.5, 0.6) is 0 Å². The zero-order chi connectivity index (χ0) is 27.4. The van der Waals surface area contributed by atoms with Crippen molar-refractivity contribution in [2.45, 2.75) is 26.3 Å². The minimum absolute atomic E-state index is 0.307. The molecule has 10 heteroatoms. The van der Waals surface area contributed by atoms with E-state index in [0.717, 1.165) is 66.5 Å². The Hall–Kier alpha value is -4.02. The number of hydrogen-bond donors (Lipinski definition) is 3. The molecule has 3 aromatic rings. The smallest absolute Gasteiger partial charge is 0.336 e. The van der Waals surface area contributed by atoms with Crippen LogP contribution in [0.25, 0.3) is 17.2 Å². The molecule has 0 spiro atoms. The number of aromatic carboxylic acids is 1. The van der Waals surface area contributed by atoms with Gasteiger partial charge in [-0.3, -0.25) is 14.9 Å². The molecule has 2 amide bonds. The van der Waals surface area contributed by atoms with E-state index in [1.165, 1.54) is 0 Å². The largest absolute Gasteiger partial charge is 0.478 e. The quantitative estimate of drug-likeness (QED) is 0.353. The summed E-state index contributed by atoms with van der Waals surface area (Å²) in [5.41, 5.74) is 4.67. The lowest BCUT2D eigenvalue weighted by atomic mass is 9.93. The van der Waals surface area contributed by atoms with Crippen LogP contribution in [0.2, 0.25) is 0 Å². The standard InChI is InChI=1S/C29H29N5O4S/c1-18-6-7-23(27(36)37)24(14-18)22-5-3-2-4-20(22)17-30-16-19-9-12-34(13-10-19)28-31-11-8-21(32-28)15-25-26(35)33-29(38)39-25/h2-8,11,14-15,19,30H,9-10,12-13,16-17H2,1H3,(H,36,37)(H,33,35,38). The molecule has 0 unspecified atom stereocenters. The van der Waals surface area contributed by atoms with Crippen molar-refractivity contribution in [3.8, 4) is 11.1 Å². The van der Waals surface area contributed by atoms with Gasteiger partial charge in [-0.15, -0.1) is 0 Å². The minimum Gasteiger partial charge on any atom is -0.478 e. The second-order valence-electron chi connectivity index (χ2n) is 9.71. The maximum atomic E-state index is 11.8. The Labute approximate surface area is 230 Å². The van der Waals surface area contributed by atoms with Crippen molar-refractivity contribution in [2.24, 2.45) is 5.92 Å². The second kappa shape index (κ2) is 11.8. The van der Waals surface area contributed by atoms with Gasteiger partial charge in [0.1, 0.15) is 0 Å². The fourth-order valence-electron chi connectivity index (χ4n) is 4.90. The van der Waals surface area contributed by atoms with Crippen molar-refractivity contribution in [3.05, 3.63) is 82.0 Å². The number of aryl methyl sites for hydroxylation is 1. The van der Waals surface area contributed by atoms with Crippen LogP contribution in [0.15, 0.2) is 59.6 Å². The van der Waals surface area contributed by atoms with Gasteiger partial charge in [0.15, 0.2) is 0 Å². The summed E-state index contributed by atoms with van der Waals surface area (Å²) in [6.07, 6.45) is 5.25. The number of piperidine rings is 1. The van der Waals surface area contributed by atoms with Crippen molar-refractivity contribution in [1.29, 1.82) is 0 Å². The topological polar surface area (TPSA) is 125 Å². The average molecular weight is 544 g/mol. The number of rotatable bonds is 8. The molecule has 9 nitrogen and oxygen atoms in total. The molecule has 2 saturated heterocycles. The van der Waals surface area contributed by atoms with E-state index in [2.05, 4.69) is 25.5 Å². The maximum absolute atomic E-state index is 11.8. The SMILES string of the molecule is Cc1ccc(C(=O)O)c(-c2ccccc2CNCC2CCN(c3nccc(C=C4SC(=O)NC4=O)n3)CC2)c1. The number of carbonyl (C=O) groups excluding carboxylic acids is 2. The normalized spacial score (nSPS) is 17.1. The molecule has 39 heavy (non-hydrogen) atoms. The number of thioether (sulfide) groups is 1. The number of nitrogens with zero attached hydrogens (tertiary/aromatic N) is 3. The van der Waals surface area contributed by atoms with E-state index < -0.39 is 11.9 Å². The number of nitrogens with one attached hydrogen (secondary N) is 2. The first-order valence-electron chi connectivity index (χ1n) is 12.8. The predicted molar refractivity (Wildman–Crippen MR) is 151 cm³/mol. The summed E-state index contributed by atoms with van der Waals surface area (Å²) in [4.78, 5) is 46.5. The molecule has 0 atom stereocenters. The van der Waals surface area contributed by atoms with Crippen molar-refractivity contribution < 1.29 is 19.5 Å². The van der Waals surface area contributed by atoms with Crippen LogP contribution in [-0.4, -0.2) is 51.8 Å². The number of anilines is 1. The van der Waals surface area contributed by atoms with Gasteiger partial charge in [-0.2, -0.15) is 0 Å². The number of carbonyl (C=O) groups is 3. The van der Waals surface area contributed by atoms with E-state index in [1.54, 1.807) is 24.4 Å². The van der Waals surface area contributed by atoms with Gasteiger partial charge in [-0.1, -0.05) is 42.0 Å². The molecule has 0 aliphatic carbocycles. The van der Waals surface area contributed by atoms with Crippen LogP contribution >= 0.6 is 11.8 Å². The molecule has 2 aliphatic rings. The first-order valence-corrected chi connectivity index (χ1v) is 13.6. The third-order valence-electron chi connectivity index (χ3n) is 6.94. The summed E-state index contributed by atoms with van der Waals surface area (Å²) in [6, 6.07) is 15.1. The number of hydrogen-bond acceptors (Lipinski definition) is 8. The molecule has 0 saturated carbocycles. The Bertz CT molecular complexity index is 1450. The highest BCUT2D eigenvalue weighted by atomic mass is 32.2. The van der Waals surface area contributed by atoms with Crippen LogP contribution in [0.3, 0.4) is 0 Å². The molecule has 5 rings (SSSR count). The molecule has 2 aliphatic heterocycles. The molecule has 3 N–H and O–H groups in total. The molecular formula is C29H29N5O4S. The van der Waals surface area contributed by atoms with Crippen LogP contribution in [0.4, 0.5) is 10.7 Å². The van der Waals surface area contributed by atoms with Gasteiger partial charge in [0.2, 0.25) is 5.95 Å². The van der Waals surface area contributed by atoms with Crippen molar-refractivity contribution >= 4 is 40.9 Å². The molecule has 3 heterocycles. The molecule has 0 bridgehead atoms. The first kappa shape index (κ1) is 26.6. The van der Waals surface area contributed by atoms with Crippen molar-refractivity contribution in [2.75, 3.05) is 24.5 Å². The van der Waals surface area contributed by atoms with Crippen LogP contribution < -0.4 is 15.5 Å². The number of aromatic nitrogens is 2. The summed E-state index contributed by atoms with van der Waals surface area (Å²) >= 11 is 0.873. The number of benzene rings is 2. The zero-order valence-corrected chi connectivity index (χ0v) is 22.3. The molecule has 2 fully saturated rings. The van der Waals surface area contributed by atoms with E-state index >= 15 is 0 Å². The number of imide groups is 1. The summed E-state index contributed by atoms with van der Waals surface area (Å²) in [5.74, 6) is -0.213. The highest BCUT2D eigenvalue weighted by Crippen LogP contribution is 2.29. The van der Waals surface area contributed by atoms with Crippen molar-refractivity contribution in [1.82, 2.24) is 20.6 Å². The highest BCUT2D eigenvalue weighted by Gasteiger charge is 2.26. The average Bonchev–Trinajstić information content (AvgIpc) is 3.25. The second-order valence-corrected chi connectivity index (χ2v) is 10.7. The summed E-state index contributed by atoms with van der Waals surface area (Å²) in [6.45, 7) is 5.12. The predicted octanol–water partition coefficient (Wildman–Crippen LogP) is 4.48. The molecule has 1 aromatic heterocycles. The fraction of sp³-hybridized carbons (Fsp3) is 0.276. The van der Waals surface area contributed by atoms with Crippen LogP contribution in [0.1, 0.15) is 40.0 Å². The lowest BCUT2D eigenvalue weighted by Crippen LogP contribution is -2.38. The molecule has 2 aromatic carbocycles. The van der Waals surface area contributed by atoms with Gasteiger partial charge in [0, 0.05) is 25.8 Å². The maximum Gasteiger partial charge on any atom is 0.336 e. The summed E-state index contributed by atoms with van der Waals surface area (Å²) in [5, 5.41) is 15.2. The Balaban J connectivity index is 1.17. The zero-order valence-electron chi connectivity index (χ0n) is 21.5. The lowest BCUT2D eigenvalue weighted by molar-refractivity contribution is -0.115. The van der Waals surface area contributed by atoms with Gasteiger partial charge >= 0.3 is 5.97 Å². The van der Waals surface area contributed by atoms with Gasteiger partial charge in [0.05, 0.1) is 16.2 Å². The number of amides is 2. The lowest BCUT2D eigenvalue weighted by Gasteiger charge is -2.32. The fourth-order valence-corrected chi connectivity index (χ4v) is 5.57. The van der Waals surface area contributed by atoms with E-state index in [1.807, 2.05) is 43.3 Å². The van der Waals surface area contributed by atoms with E-state index in [-0.39, 0.29) is 5.24 Å². The molecule has 0 radical (unpaired) electrons. The Morgan fingerprint density at radius 3 is 2.69 bits per heavy atom. The van der Waals surface area contributed by atoms with Gasteiger partial charge in [-0.05, 0) is 78.9 Å². The van der Waals surface area contributed by atoms with E-state index in [9.17, 15) is 19.5 Å². The van der Waals surface area contributed by atoms with Gasteiger partial charge < -0.3 is 15.3 Å². The van der Waals surface area contributed by atoms with Crippen LogP contribution in [0, 0.1) is 12.8 Å². The summed E-state index contributed by atoms with van der Waals surface area (Å²) in [7, 11) is 0. The number of carboxylic acids is 1. The highest BCUT2D eigenvalue weighted by molar-refractivity contribution is 8.18. The van der Waals surface area contributed by atoms with Gasteiger partial charge in [0.25, 0.3) is 11.1 Å².